The molecule has 0 unspecified atom stereocenters. The van der Waals surface area contributed by atoms with E-state index in [0.717, 1.165) is 5.56 Å². The van der Waals surface area contributed by atoms with E-state index in [1.165, 1.54) is 23.1 Å². The van der Waals surface area contributed by atoms with Crippen LogP contribution in [0.4, 0.5) is 4.39 Å². The zero-order valence-corrected chi connectivity index (χ0v) is 16.1. The Labute approximate surface area is 164 Å². The minimum atomic E-state index is -0.567. The van der Waals surface area contributed by atoms with E-state index in [1.54, 1.807) is 24.9 Å². The Kier molecular flexibility index (Phi) is 6.09. The lowest BCUT2D eigenvalue weighted by Crippen LogP contribution is -2.68. The molecule has 3 atom stereocenters. The first-order valence-electron chi connectivity index (χ1n) is 9.46. The Balaban J connectivity index is 1.86. The number of nitrogens with zero attached hydrogens (tertiary/aromatic N) is 2. The monoisotopic (exact) mass is 384 g/mol. The maximum atomic E-state index is 14.0. The number of hydrogen-bond acceptors (Lipinski definition) is 3. The topological polar surface area (TPSA) is 60.9 Å². The van der Waals surface area contributed by atoms with Crippen LogP contribution in [0.25, 0.3) is 0 Å². The van der Waals surface area contributed by atoms with E-state index in [1.807, 2.05) is 30.3 Å². The van der Waals surface area contributed by atoms with Crippen molar-refractivity contribution >= 4 is 11.8 Å². The van der Waals surface area contributed by atoms with Gasteiger partial charge in [0.1, 0.15) is 5.82 Å². The van der Waals surface area contributed by atoms with Gasteiger partial charge in [-0.2, -0.15) is 0 Å². The minimum absolute atomic E-state index is 0.00709. The van der Waals surface area contributed by atoms with E-state index in [4.69, 9.17) is 0 Å². The second-order valence-corrected chi connectivity index (χ2v) is 7.07. The van der Waals surface area contributed by atoms with Crippen molar-refractivity contribution in [2.45, 2.75) is 31.3 Å². The molecule has 1 fully saturated rings. The smallest absolute Gasteiger partial charge is 0.256 e. The van der Waals surface area contributed by atoms with Gasteiger partial charge in [-0.3, -0.25) is 9.59 Å². The molecular weight excluding hydrogens is 359 g/mol. The van der Waals surface area contributed by atoms with Crippen LogP contribution in [0.15, 0.2) is 54.6 Å². The Hall–Kier alpha value is -2.73. The quantitative estimate of drug-likeness (QED) is 0.833. The molecule has 0 saturated carbocycles. The van der Waals surface area contributed by atoms with Crippen molar-refractivity contribution < 1.29 is 19.1 Å². The van der Waals surface area contributed by atoms with E-state index in [-0.39, 0.29) is 42.6 Å². The molecule has 1 aliphatic heterocycles. The molecule has 2 aromatic carbocycles. The Bertz CT molecular complexity index is 843. The zero-order valence-electron chi connectivity index (χ0n) is 16.1. The molecule has 3 rings (SSSR count). The summed E-state index contributed by atoms with van der Waals surface area (Å²) in [6.45, 7) is 1.89. The van der Waals surface area contributed by atoms with Crippen molar-refractivity contribution in [1.82, 2.24) is 9.80 Å². The third-order valence-electron chi connectivity index (χ3n) is 5.42. The number of carbonyl (C=O) groups excluding carboxylic acids is 2. The molecule has 1 N–H and O–H groups in total. The van der Waals surface area contributed by atoms with Crippen molar-refractivity contribution in [3.05, 3.63) is 71.5 Å². The standard InChI is InChI=1S/C22H25FN2O3/c1-3-20(27)25-18(21(19(25)14-26)15-9-5-4-6-10-15)13-24(2)22(28)16-11-7-8-12-17(16)23/h4-12,18-19,21,26H,3,13-14H2,1-2H3/t18-,19-,21-/m0/s1. The van der Waals surface area contributed by atoms with Crippen LogP contribution in [0, 0.1) is 5.82 Å². The largest absolute Gasteiger partial charge is 0.394 e. The number of halogens is 1. The minimum Gasteiger partial charge on any atom is -0.394 e. The lowest BCUT2D eigenvalue weighted by Gasteiger charge is -2.55. The number of likely N-dealkylation sites (N-methyl/N-ethyl adjacent to an activating group) is 1. The molecule has 148 valence electrons. The third kappa shape index (κ3) is 3.64. The number of aliphatic hydroxyl groups is 1. The number of benzene rings is 2. The van der Waals surface area contributed by atoms with E-state index < -0.39 is 11.7 Å². The molecule has 28 heavy (non-hydrogen) atoms. The lowest BCUT2D eigenvalue weighted by atomic mass is 9.74. The summed E-state index contributed by atoms with van der Waals surface area (Å²) in [5.41, 5.74) is 1.02. The van der Waals surface area contributed by atoms with Gasteiger partial charge in [0.2, 0.25) is 5.91 Å². The van der Waals surface area contributed by atoms with E-state index in [0.29, 0.717) is 6.42 Å². The third-order valence-corrected chi connectivity index (χ3v) is 5.42. The number of likely N-dealkylation sites (tertiary alicyclic amines) is 1. The molecule has 0 aliphatic carbocycles. The van der Waals surface area contributed by atoms with Gasteiger partial charge < -0.3 is 14.9 Å². The first-order valence-corrected chi connectivity index (χ1v) is 9.46. The average Bonchev–Trinajstić information content (AvgIpc) is 2.71. The van der Waals surface area contributed by atoms with Crippen LogP contribution in [0.3, 0.4) is 0 Å². The second kappa shape index (κ2) is 8.52. The fourth-order valence-electron chi connectivity index (χ4n) is 4.03. The molecule has 0 bridgehead atoms. The Morgan fingerprint density at radius 3 is 2.32 bits per heavy atom. The van der Waals surface area contributed by atoms with Crippen molar-refractivity contribution in [1.29, 1.82) is 0 Å². The summed E-state index contributed by atoms with van der Waals surface area (Å²) in [4.78, 5) is 28.3. The molecule has 2 amide bonds. The molecule has 2 aromatic rings. The van der Waals surface area contributed by atoms with Crippen molar-refractivity contribution in [2.75, 3.05) is 20.2 Å². The molecule has 0 radical (unpaired) electrons. The first-order chi connectivity index (χ1) is 13.5. The summed E-state index contributed by atoms with van der Waals surface area (Å²) in [6, 6.07) is 14.9. The highest BCUT2D eigenvalue weighted by Gasteiger charge is 2.51. The van der Waals surface area contributed by atoms with Crippen molar-refractivity contribution in [2.24, 2.45) is 0 Å². The van der Waals surface area contributed by atoms with Gasteiger partial charge in [-0.25, -0.2) is 4.39 Å². The molecule has 1 saturated heterocycles. The summed E-state index contributed by atoms with van der Waals surface area (Å²) in [5, 5.41) is 9.88. The van der Waals surface area contributed by atoms with Gasteiger partial charge in [-0.15, -0.1) is 0 Å². The second-order valence-electron chi connectivity index (χ2n) is 7.07. The molecule has 5 nitrogen and oxygen atoms in total. The van der Waals surface area contributed by atoms with Crippen LogP contribution in [0.1, 0.15) is 35.2 Å². The normalized spacial score (nSPS) is 21.1. The SMILES string of the molecule is CCC(=O)N1[C@@H](CO)[C@@H](c2ccccc2)[C@@H]1CN(C)C(=O)c1ccccc1F. The van der Waals surface area contributed by atoms with Gasteiger partial charge in [0.25, 0.3) is 5.91 Å². The van der Waals surface area contributed by atoms with Gasteiger partial charge in [0.15, 0.2) is 0 Å². The number of rotatable bonds is 6. The van der Waals surface area contributed by atoms with Gasteiger partial charge in [0.05, 0.1) is 24.3 Å². The first kappa shape index (κ1) is 20.0. The van der Waals surface area contributed by atoms with Crippen LogP contribution in [0.2, 0.25) is 0 Å². The maximum absolute atomic E-state index is 14.0. The predicted molar refractivity (Wildman–Crippen MR) is 104 cm³/mol. The number of carbonyl (C=O) groups is 2. The molecular formula is C22H25FN2O3. The summed E-state index contributed by atoms with van der Waals surface area (Å²) in [7, 11) is 1.61. The number of hydrogen-bond donors (Lipinski definition) is 1. The molecule has 0 aromatic heterocycles. The van der Waals surface area contributed by atoms with Crippen molar-refractivity contribution in [3.8, 4) is 0 Å². The fourth-order valence-corrected chi connectivity index (χ4v) is 4.03. The molecule has 0 spiro atoms. The van der Waals surface area contributed by atoms with Gasteiger partial charge in [0, 0.05) is 25.9 Å². The van der Waals surface area contributed by atoms with Crippen LogP contribution in [-0.4, -0.2) is 59.0 Å². The van der Waals surface area contributed by atoms with Crippen LogP contribution < -0.4 is 0 Å². The number of aliphatic hydroxyl groups excluding tert-OH is 1. The summed E-state index contributed by atoms with van der Waals surface area (Å²) in [6.07, 6.45) is 0.319. The van der Waals surface area contributed by atoms with Crippen LogP contribution in [-0.2, 0) is 4.79 Å². The van der Waals surface area contributed by atoms with Crippen LogP contribution >= 0.6 is 0 Å². The lowest BCUT2D eigenvalue weighted by molar-refractivity contribution is -0.151. The highest BCUT2D eigenvalue weighted by atomic mass is 19.1. The predicted octanol–water partition coefficient (Wildman–Crippen LogP) is 2.66. The highest BCUT2D eigenvalue weighted by Crippen LogP contribution is 2.41. The number of amides is 2. The maximum Gasteiger partial charge on any atom is 0.256 e. The van der Waals surface area contributed by atoms with Gasteiger partial charge >= 0.3 is 0 Å². The summed E-state index contributed by atoms with van der Waals surface area (Å²) < 4.78 is 14.0. The average molecular weight is 384 g/mol. The van der Waals surface area contributed by atoms with E-state index in [9.17, 15) is 19.1 Å². The highest BCUT2D eigenvalue weighted by molar-refractivity contribution is 5.94. The van der Waals surface area contributed by atoms with Gasteiger partial charge in [-0.05, 0) is 17.7 Å². The molecule has 1 aliphatic rings. The zero-order chi connectivity index (χ0) is 20.3. The van der Waals surface area contributed by atoms with Crippen LogP contribution in [0.5, 0.6) is 0 Å². The van der Waals surface area contributed by atoms with E-state index >= 15 is 0 Å². The van der Waals surface area contributed by atoms with E-state index in [2.05, 4.69) is 0 Å². The Morgan fingerprint density at radius 2 is 1.71 bits per heavy atom. The molecule has 1 heterocycles. The fraction of sp³-hybridized carbons (Fsp3) is 0.364. The van der Waals surface area contributed by atoms with Crippen molar-refractivity contribution in [3.63, 3.8) is 0 Å². The van der Waals surface area contributed by atoms with Gasteiger partial charge in [-0.1, -0.05) is 49.4 Å². The summed E-state index contributed by atoms with van der Waals surface area (Å²) in [5.74, 6) is -1.15. The summed E-state index contributed by atoms with van der Waals surface area (Å²) >= 11 is 0. The molecule has 6 heteroatoms. The Morgan fingerprint density at radius 1 is 1.07 bits per heavy atom.